The van der Waals surface area contributed by atoms with Gasteiger partial charge in [-0.1, -0.05) is 17.7 Å². The molecular formula is C21H20ClFN4O3. The lowest BCUT2D eigenvalue weighted by atomic mass is 10.2. The number of hydrogen-bond acceptors (Lipinski definition) is 6. The first-order chi connectivity index (χ1) is 14.6. The van der Waals surface area contributed by atoms with Crippen molar-refractivity contribution in [2.24, 2.45) is 0 Å². The number of carbonyl (C=O) groups is 1. The number of piperazine rings is 1. The molecule has 1 saturated heterocycles. The van der Waals surface area contributed by atoms with Crippen LogP contribution in [0.2, 0.25) is 5.02 Å². The minimum Gasteiger partial charge on any atom is -0.484 e. The summed E-state index contributed by atoms with van der Waals surface area (Å²) in [5, 5.41) is 7.91. The molecule has 9 heteroatoms. The second-order valence-corrected chi connectivity index (χ2v) is 7.32. The molecule has 0 bridgehead atoms. The van der Waals surface area contributed by atoms with E-state index in [-0.39, 0.29) is 18.3 Å². The lowest BCUT2D eigenvalue weighted by molar-refractivity contribution is -0.135. The van der Waals surface area contributed by atoms with Gasteiger partial charge in [-0.2, -0.15) is 0 Å². The molecular weight excluding hydrogens is 411 g/mol. The summed E-state index contributed by atoms with van der Waals surface area (Å²) in [4.78, 5) is 16.3. The van der Waals surface area contributed by atoms with Gasteiger partial charge >= 0.3 is 0 Å². The highest BCUT2D eigenvalue weighted by Gasteiger charge is 2.22. The minimum atomic E-state index is -0.306. The predicted octanol–water partition coefficient (Wildman–Crippen LogP) is 3.25. The van der Waals surface area contributed by atoms with Gasteiger partial charge < -0.3 is 14.1 Å². The highest BCUT2D eigenvalue weighted by molar-refractivity contribution is 6.31. The Morgan fingerprint density at radius 1 is 1.13 bits per heavy atom. The maximum atomic E-state index is 14.0. The third-order valence-electron chi connectivity index (χ3n) is 4.99. The molecule has 1 aliphatic heterocycles. The largest absolute Gasteiger partial charge is 0.484 e. The van der Waals surface area contributed by atoms with Gasteiger partial charge in [-0.15, -0.1) is 10.2 Å². The van der Waals surface area contributed by atoms with Crippen molar-refractivity contribution in [3.8, 4) is 17.2 Å². The smallest absolute Gasteiger partial charge is 0.260 e. The number of aromatic nitrogens is 2. The summed E-state index contributed by atoms with van der Waals surface area (Å²) >= 11 is 6.11. The van der Waals surface area contributed by atoms with Crippen LogP contribution in [0, 0.1) is 5.82 Å². The number of carbonyl (C=O) groups excluding carboxylic acids is 1. The van der Waals surface area contributed by atoms with Gasteiger partial charge in [-0.3, -0.25) is 9.69 Å². The Balaban J connectivity index is 1.24. The Kier molecular flexibility index (Phi) is 6.25. The number of benzene rings is 2. The van der Waals surface area contributed by atoms with E-state index in [0.717, 1.165) is 5.56 Å². The zero-order valence-corrected chi connectivity index (χ0v) is 16.9. The number of rotatable bonds is 6. The van der Waals surface area contributed by atoms with Crippen LogP contribution in [0.3, 0.4) is 0 Å². The molecule has 156 valence electrons. The van der Waals surface area contributed by atoms with Gasteiger partial charge in [-0.05, 0) is 36.4 Å². The van der Waals surface area contributed by atoms with Gasteiger partial charge in [0.2, 0.25) is 12.3 Å². The molecule has 0 radical (unpaired) electrons. The van der Waals surface area contributed by atoms with Crippen LogP contribution in [0.5, 0.6) is 5.75 Å². The summed E-state index contributed by atoms with van der Waals surface area (Å²) in [7, 11) is 0. The topological polar surface area (TPSA) is 71.7 Å². The molecule has 1 amide bonds. The fraction of sp³-hybridized carbons (Fsp3) is 0.286. The van der Waals surface area contributed by atoms with Gasteiger partial charge in [0.05, 0.1) is 0 Å². The Bertz CT molecular complexity index is 970. The van der Waals surface area contributed by atoms with Crippen molar-refractivity contribution in [2.45, 2.75) is 6.54 Å². The summed E-state index contributed by atoms with van der Waals surface area (Å²) < 4.78 is 24.7. The van der Waals surface area contributed by atoms with Crippen LogP contribution in [0.15, 0.2) is 53.3 Å². The van der Waals surface area contributed by atoms with Crippen molar-refractivity contribution >= 4 is 17.5 Å². The monoisotopic (exact) mass is 430 g/mol. The van der Waals surface area contributed by atoms with Crippen LogP contribution < -0.4 is 4.74 Å². The second kappa shape index (κ2) is 9.23. The van der Waals surface area contributed by atoms with Crippen molar-refractivity contribution in [2.75, 3.05) is 32.8 Å². The van der Waals surface area contributed by atoms with E-state index in [2.05, 4.69) is 15.1 Å². The van der Waals surface area contributed by atoms with Gasteiger partial charge in [-0.25, -0.2) is 4.39 Å². The van der Waals surface area contributed by atoms with Crippen molar-refractivity contribution in [1.82, 2.24) is 20.0 Å². The number of nitrogens with zero attached hydrogens (tertiary/aromatic N) is 4. The number of halogens is 2. The molecule has 0 N–H and O–H groups in total. The van der Waals surface area contributed by atoms with E-state index in [0.29, 0.717) is 55.0 Å². The first-order valence-electron chi connectivity index (χ1n) is 9.52. The Labute approximate surface area is 178 Å². The minimum absolute atomic E-state index is 0.0426. The molecule has 30 heavy (non-hydrogen) atoms. The van der Waals surface area contributed by atoms with Crippen LogP contribution in [-0.4, -0.2) is 58.7 Å². The van der Waals surface area contributed by atoms with Crippen molar-refractivity contribution in [1.29, 1.82) is 0 Å². The maximum absolute atomic E-state index is 14.0. The summed E-state index contributed by atoms with van der Waals surface area (Å²) in [6, 6.07) is 11.8. The molecule has 1 aromatic heterocycles. The van der Waals surface area contributed by atoms with Crippen molar-refractivity contribution in [3.05, 3.63) is 65.3 Å². The molecule has 4 rings (SSSR count). The third kappa shape index (κ3) is 4.77. The average Bonchev–Trinajstić information content (AvgIpc) is 3.30. The fourth-order valence-electron chi connectivity index (χ4n) is 3.29. The summed E-state index contributed by atoms with van der Waals surface area (Å²) in [6.07, 6.45) is 1.27. The first-order valence-corrected chi connectivity index (χ1v) is 9.90. The van der Waals surface area contributed by atoms with Gasteiger partial charge in [0, 0.05) is 48.9 Å². The van der Waals surface area contributed by atoms with E-state index >= 15 is 0 Å². The molecule has 1 fully saturated rings. The molecule has 1 aliphatic rings. The van der Waals surface area contributed by atoms with Crippen LogP contribution in [0.4, 0.5) is 4.39 Å². The second-order valence-electron chi connectivity index (χ2n) is 6.91. The molecule has 0 aliphatic carbocycles. The predicted molar refractivity (Wildman–Crippen MR) is 108 cm³/mol. The van der Waals surface area contributed by atoms with E-state index in [1.165, 1.54) is 12.5 Å². The summed E-state index contributed by atoms with van der Waals surface area (Å²) in [5.41, 5.74) is 1.27. The molecule has 2 aromatic carbocycles. The van der Waals surface area contributed by atoms with E-state index in [4.69, 9.17) is 20.8 Å². The molecule has 0 spiro atoms. The Morgan fingerprint density at radius 2 is 1.90 bits per heavy atom. The zero-order chi connectivity index (χ0) is 20.9. The number of ether oxygens (including phenoxy) is 1. The van der Waals surface area contributed by atoms with Gasteiger partial charge in [0.15, 0.2) is 6.61 Å². The van der Waals surface area contributed by atoms with Crippen molar-refractivity contribution < 1.29 is 18.3 Å². The van der Waals surface area contributed by atoms with Crippen LogP contribution in [-0.2, 0) is 11.3 Å². The van der Waals surface area contributed by atoms with E-state index in [1.54, 1.807) is 41.3 Å². The number of amides is 1. The molecule has 0 saturated carbocycles. The van der Waals surface area contributed by atoms with E-state index < -0.39 is 0 Å². The summed E-state index contributed by atoms with van der Waals surface area (Å²) in [5.74, 6) is 0.616. The molecule has 0 unspecified atom stereocenters. The normalized spacial score (nSPS) is 14.7. The quantitative estimate of drug-likeness (QED) is 0.597. The molecule has 2 heterocycles. The first kappa shape index (κ1) is 20.3. The average molecular weight is 431 g/mol. The molecule has 3 aromatic rings. The van der Waals surface area contributed by atoms with E-state index in [9.17, 15) is 9.18 Å². The van der Waals surface area contributed by atoms with Crippen molar-refractivity contribution in [3.63, 3.8) is 0 Å². The molecule has 7 nitrogen and oxygen atoms in total. The number of hydrogen-bond donors (Lipinski definition) is 0. The fourth-order valence-corrected chi connectivity index (χ4v) is 3.51. The zero-order valence-electron chi connectivity index (χ0n) is 16.1. The highest BCUT2D eigenvalue weighted by Crippen LogP contribution is 2.22. The van der Waals surface area contributed by atoms with Crippen LogP contribution >= 0.6 is 11.6 Å². The van der Waals surface area contributed by atoms with Crippen LogP contribution in [0.25, 0.3) is 11.5 Å². The van der Waals surface area contributed by atoms with E-state index in [1.807, 2.05) is 0 Å². The molecule has 0 atom stereocenters. The SMILES string of the molecule is O=C(COc1ccc(-c2nnco2)cc1)N1CCN(Cc2c(F)cccc2Cl)CC1. The van der Waals surface area contributed by atoms with Crippen LogP contribution in [0.1, 0.15) is 5.56 Å². The van der Waals surface area contributed by atoms with Gasteiger partial charge in [0.1, 0.15) is 11.6 Å². The van der Waals surface area contributed by atoms with Gasteiger partial charge in [0.25, 0.3) is 5.91 Å². The maximum Gasteiger partial charge on any atom is 0.260 e. The summed E-state index contributed by atoms with van der Waals surface area (Å²) in [6.45, 7) is 2.80. The Hall–Kier alpha value is -2.97. The lowest BCUT2D eigenvalue weighted by Gasteiger charge is -2.34. The third-order valence-corrected chi connectivity index (χ3v) is 5.35. The lowest BCUT2D eigenvalue weighted by Crippen LogP contribution is -2.49. The standard InChI is InChI=1S/C21H20ClFN4O3/c22-18-2-1-3-19(23)17(18)12-26-8-10-27(11-9-26)20(28)13-29-16-6-4-15(5-7-16)21-25-24-14-30-21/h1-7,14H,8-13H2. The highest BCUT2D eigenvalue weighted by atomic mass is 35.5. The Morgan fingerprint density at radius 3 is 2.57 bits per heavy atom.